The fourth-order valence-electron chi connectivity index (χ4n) is 3.61. The molecule has 0 radical (unpaired) electrons. The molecule has 0 unspecified atom stereocenters. The van der Waals surface area contributed by atoms with E-state index in [1.54, 1.807) is 18.1 Å². The molecule has 2 aliphatic heterocycles. The van der Waals surface area contributed by atoms with Crippen molar-refractivity contribution in [2.45, 2.75) is 26.3 Å². The topological polar surface area (TPSA) is 56.4 Å². The molecular weight excluding hydrogens is 338 g/mol. The second-order valence-corrected chi connectivity index (χ2v) is 7.38. The first-order valence-electron chi connectivity index (χ1n) is 9.21. The molecule has 1 amide bonds. The molecule has 2 aromatic rings. The zero-order valence-electron chi connectivity index (χ0n) is 15.8. The second kappa shape index (κ2) is 6.58. The molecule has 4 rings (SSSR count). The van der Waals surface area contributed by atoms with E-state index in [1.807, 2.05) is 24.3 Å². The lowest BCUT2D eigenvalue weighted by Gasteiger charge is -2.27. The maximum absolute atomic E-state index is 12.5. The number of hydrogen-bond acceptors (Lipinski definition) is 3. The maximum atomic E-state index is 12.5. The SMILES string of the molecule is CC(C)N1C=C(c2c[nH]c(=O)c(-c3ccc4c(c3)CC(=O)N4C)c2)C=CC1. The van der Waals surface area contributed by atoms with Crippen molar-refractivity contribution in [2.24, 2.45) is 0 Å². The lowest BCUT2D eigenvalue weighted by Crippen LogP contribution is -2.27. The van der Waals surface area contributed by atoms with Crippen molar-refractivity contribution in [3.63, 3.8) is 0 Å². The monoisotopic (exact) mass is 361 g/mol. The molecule has 0 aliphatic carbocycles. The van der Waals surface area contributed by atoms with Crippen LogP contribution in [0.1, 0.15) is 25.0 Å². The van der Waals surface area contributed by atoms with Crippen molar-refractivity contribution in [1.29, 1.82) is 0 Å². The molecule has 1 aromatic carbocycles. The van der Waals surface area contributed by atoms with Gasteiger partial charge in [-0.05, 0) is 48.7 Å². The maximum Gasteiger partial charge on any atom is 0.255 e. The van der Waals surface area contributed by atoms with Gasteiger partial charge in [0.15, 0.2) is 0 Å². The number of amides is 1. The summed E-state index contributed by atoms with van der Waals surface area (Å²) in [5.41, 5.74) is 5.25. The van der Waals surface area contributed by atoms with Crippen molar-refractivity contribution < 1.29 is 4.79 Å². The highest BCUT2D eigenvalue weighted by atomic mass is 16.2. The Hall–Kier alpha value is -3.08. The minimum atomic E-state index is -0.127. The number of carbonyl (C=O) groups is 1. The smallest absolute Gasteiger partial charge is 0.255 e. The molecule has 1 N–H and O–H groups in total. The third kappa shape index (κ3) is 3.10. The van der Waals surface area contributed by atoms with Crippen molar-refractivity contribution in [3.8, 4) is 11.1 Å². The molecule has 0 saturated carbocycles. The van der Waals surface area contributed by atoms with Gasteiger partial charge in [0.1, 0.15) is 0 Å². The van der Waals surface area contributed by atoms with Gasteiger partial charge in [0.05, 0.1) is 6.42 Å². The average molecular weight is 361 g/mol. The molecule has 5 nitrogen and oxygen atoms in total. The van der Waals surface area contributed by atoms with E-state index in [9.17, 15) is 9.59 Å². The minimum absolute atomic E-state index is 0.0797. The van der Waals surface area contributed by atoms with Gasteiger partial charge >= 0.3 is 0 Å². The number of anilines is 1. The van der Waals surface area contributed by atoms with Crippen LogP contribution >= 0.6 is 0 Å². The van der Waals surface area contributed by atoms with Crippen molar-refractivity contribution in [2.75, 3.05) is 18.5 Å². The number of aromatic nitrogens is 1. The Balaban J connectivity index is 1.75. The van der Waals surface area contributed by atoms with Gasteiger partial charge in [-0.25, -0.2) is 0 Å². The Morgan fingerprint density at radius 3 is 2.70 bits per heavy atom. The van der Waals surface area contributed by atoms with Crippen LogP contribution in [0.3, 0.4) is 0 Å². The van der Waals surface area contributed by atoms with Crippen LogP contribution < -0.4 is 10.5 Å². The Kier molecular flexibility index (Phi) is 4.22. The van der Waals surface area contributed by atoms with Crippen LogP contribution in [0.25, 0.3) is 16.7 Å². The number of nitrogens with one attached hydrogen (secondary N) is 1. The number of H-pyrrole nitrogens is 1. The summed E-state index contributed by atoms with van der Waals surface area (Å²) in [4.78, 5) is 31.2. The number of allylic oxidation sites excluding steroid dienone is 2. The molecule has 2 aliphatic rings. The highest BCUT2D eigenvalue weighted by Gasteiger charge is 2.24. The molecule has 1 aromatic heterocycles. The van der Waals surface area contributed by atoms with Crippen LogP contribution in [-0.2, 0) is 11.2 Å². The number of nitrogens with zero attached hydrogens (tertiary/aromatic N) is 2. The first-order chi connectivity index (χ1) is 12.9. The minimum Gasteiger partial charge on any atom is -0.371 e. The molecule has 0 fully saturated rings. The molecule has 0 atom stereocenters. The Morgan fingerprint density at radius 1 is 1.11 bits per heavy atom. The van der Waals surface area contributed by atoms with Gasteiger partial charge in [0.25, 0.3) is 5.56 Å². The molecule has 3 heterocycles. The van der Waals surface area contributed by atoms with E-state index < -0.39 is 0 Å². The van der Waals surface area contributed by atoms with E-state index in [0.29, 0.717) is 18.0 Å². The van der Waals surface area contributed by atoms with Crippen molar-refractivity contribution >= 4 is 17.2 Å². The quantitative estimate of drug-likeness (QED) is 0.913. The number of pyridine rings is 1. The number of likely N-dealkylation sites (N-methyl/N-ethyl adjacent to an activating group) is 1. The second-order valence-electron chi connectivity index (χ2n) is 7.38. The summed E-state index contributed by atoms with van der Waals surface area (Å²) in [5, 5.41) is 0. The highest BCUT2D eigenvalue weighted by Crippen LogP contribution is 2.32. The Morgan fingerprint density at radius 2 is 1.93 bits per heavy atom. The molecule has 5 heteroatoms. The summed E-state index contributed by atoms with van der Waals surface area (Å²) in [6, 6.07) is 8.13. The molecular formula is C22H23N3O2. The third-order valence-electron chi connectivity index (χ3n) is 5.29. The van der Waals surface area contributed by atoms with E-state index in [4.69, 9.17) is 0 Å². The standard InChI is InChI=1S/C22H23N3O2/c1-14(2)25-8-4-5-16(13-25)18-10-19(22(27)23-12-18)15-6-7-20-17(9-15)11-21(26)24(20)3/h4-7,9-10,12-14H,8,11H2,1-3H3,(H,23,27). The van der Waals surface area contributed by atoms with E-state index in [0.717, 1.165) is 34.5 Å². The molecule has 138 valence electrons. The first-order valence-corrected chi connectivity index (χ1v) is 9.21. The van der Waals surface area contributed by atoms with Gasteiger partial charge in [0.2, 0.25) is 5.91 Å². The summed E-state index contributed by atoms with van der Waals surface area (Å²) in [7, 11) is 1.78. The molecule has 27 heavy (non-hydrogen) atoms. The highest BCUT2D eigenvalue weighted by molar-refractivity contribution is 6.01. The number of rotatable bonds is 3. The fraction of sp³-hybridized carbons (Fsp3) is 0.273. The van der Waals surface area contributed by atoms with E-state index in [1.165, 1.54) is 0 Å². The van der Waals surface area contributed by atoms with Crippen LogP contribution in [0, 0.1) is 0 Å². The van der Waals surface area contributed by atoms with Crippen LogP contribution in [-0.4, -0.2) is 35.4 Å². The summed E-state index contributed by atoms with van der Waals surface area (Å²) >= 11 is 0. The van der Waals surface area contributed by atoms with Crippen molar-refractivity contribution in [1.82, 2.24) is 9.88 Å². The number of carbonyl (C=O) groups excluding carboxylic acids is 1. The van der Waals surface area contributed by atoms with Gasteiger partial charge < -0.3 is 14.8 Å². The normalized spacial score (nSPS) is 16.1. The zero-order chi connectivity index (χ0) is 19.1. The fourth-order valence-corrected chi connectivity index (χ4v) is 3.61. The summed E-state index contributed by atoms with van der Waals surface area (Å²) in [6.45, 7) is 5.21. The number of hydrogen-bond donors (Lipinski definition) is 1. The zero-order valence-corrected chi connectivity index (χ0v) is 15.8. The molecule has 0 saturated heterocycles. The Bertz CT molecular complexity index is 1030. The van der Waals surface area contributed by atoms with E-state index >= 15 is 0 Å². The third-order valence-corrected chi connectivity index (χ3v) is 5.29. The van der Waals surface area contributed by atoms with Crippen LogP contribution in [0.2, 0.25) is 0 Å². The number of fused-ring (bicyclic) bond motifs is 1. The van der Waals surface area contributed by atoms with Crippen LogP contribution in [0.5, 0.6) is 0 Å². The summed E-state index contributed by atoms with van der Waals surface area (Å²) in [6.07, 6.45) is 8.51. The molecule has 0 bridgehead atoms. The van der Waals surface area contributed by atoms with Gasteiger partial charge in [-0.3, -0.25) is 9.59 Å². The summed E-state index contributed by atoms with van der Waals surface area (Å²) in [5.74, 6) is 0.0797. The average Bonchev–Trinajstić information content (AvgIpc) is 2.95. The van der Waals surface area contributed by atoms with Crippen molar-refractivity contribution in [3.05, 3.63) is 70.3 Å². The van der Waals surface area contributed by atoms with Gasteiger partial charge in [0, 0.05) is 48.8 Å². The van der Waals surface area contributed by atoms with Crippen LogP contribution in [0.4, 0.5) is 5.69 Å². The van der Waals surface area contributed by atoms with E-state index in [-0.39, 0.29) is 11.5 Å². The van der Waals surface area contributed by atoms with Crippen LogP contribution in [0.15, 0.2) is 53.6 Å². The first kappa shape index (κ1) is 17.3. The lowest BCUT2D eigenvalue weighted by molar-refractivity contribution is -0.117. The Labute approximate surface area is 158 Å². The van der Waals surface area contributed by atoms with Gasteiger partial charge in [-0.2, -0.15) is 0 Å². The van der Waals surface area contributed by atoms with Gasteiger partial charge in [-0.1, -0.05) is 18.2 Å². The number of benzene rings is 1. The van der Waals surface area contributed by atoms with E-state index in [2.05, 4.69) is 42.1 Å². The van der Waals surface area contributed by atoms with Gasteiger partial charge in [-0.15, -0.1) is 0 Å². The summed E-state index contributed by atoms with van der Waals surface area (Å²) < 4.78 is 0. The lowest BCUT2D eigenvalue weighted by atomic mass is 9.99. The predicted molar refractivity (Wildman–Crippen MR) is 109 cm³/mol. The predicted octanol–water partition coefficient (Wildman–Crippen LogP) is 3.18. The largest absolute Gasteiger partial charge is 0.371 e. The molecule has 0 spiro atoms. The number of aromatic amines is 1.